The summed E-state index contributed by atoms with van der Waals surface area (Å²) in [4.78, 5) is 16.7. The molecule has 6 aromatic carbocycles. The van der Waals surface area contributed by atoms with Crippen LogP contribution in [0, 0.1) is 5.92 Å². The van der Waals surface area contributed by atoms with Crippen molar-refractivity contribution in [2.24, 2.45) is 5.92 Å². The van der Waals surface area contributed by atoms with E-state index in [1.54, 1.807) is 0 Å². The lowest BCUT2D eigenvalue weighted by Crippen LogP contribution is -2.37. The van der Waals surface area contributed by atoms with E-state index in [4.69, 9.17) is 19.7 Å². The minimum Gasteiger partial charge on any atom is -0.457 e. The average molecular weight is 750 g/mol. The van der Waals surface area contributed by atoms with Crippen LogP contribution in [0.1, 0.15) is 45.0 Å². The second kappa shape index (κ2) is 12.7. The van der Waals surface area contributed by atoms with Gasteiger partial charge in [-0.3, -0.25) is 0 Å². The average Bonchev–Trinajstić information content (AvgIpc) is 3.80. The normalized spacial score (nSPS) is 19.4. The Morgan fingerprint density at radius 2 is 1.25 bits per heavy atom. The molecule has 270 valence electrons. The highest BCUT2D eigenvalue weighted by molar-refractivity contribution is 7.20. The number of hydrogen-bond donors (Lipinski definition) is 0. The summed E-state index contributed by atoms with van der Waals surface area (Å²) in [6, 6.07) is 49.9. The molecule has 4 aliphatic rings. The molecule has 1 aliphatic heterocycles. The second-order valence-electron chi connectivity index (χ2n) is 15.4. The lowest BCUT2D eigenvalue weighted by atomic mass is 9.61. The molecule has 5 heteroatoms. The molecule has 12 rings (SSSR count). The zero-order chi connectivity index (χ0) is 37.5. The van der Waals surface area contributed by atoms with E-state index < -0.39 is 5.41 Å². The van der Waals surface area contributed by atoms with Crippen molar-refractivity contribution in [1.82, 2.24) is 15.0 Å². The van der Waals surface area contributed by atoms with E-state index in [0.717, 1.165) is 52.2 Å². The van der Waals surface area contributed by atoms with Crippen molar-refractivity contribution >= 4 is 27.5 Å². The van der Waals surface area contributed by atoms with Crippen LogP contribution in [0.4, 0.5) is 0 Å². The molecule has 4 nitrogen and oxygen atoms in total. The van der Waals surface area contributed by atoms with Crippen molar-refractivity contribution in [1.29, 1.82) is 0 Å². The molecule has 0 saturated carbocycles. The fourth-order valence-corrected chi connectivity index (χ4v) is 11.1. The number of thiophene rings is 1. The minimum atomic E-state index is -0.409. The Kier molecular flexibility index (Phi) is 7.23. The third kappa shape index (κ3) is 4.95. The van der Waals surface area contributed by atoms with Crippen molar-refractivity contribution in [3.63, 3.8) is 0 Å². The van der Waals surface area contributed by atoms with E-state index >= 15 is 0 Å². The van der Waals surface area contributed by atoms with Crippen molar-refractivity contribution < 1.29 is 4.74 Å². The zero-order valence-electron chi connectivity index (χ0n) is 31.0. The van der Waals surface area contributed by atoms with Gasteiger partial charge in [0.15, 0.2) is 17.5 Å². The highest BCUT2D eigenvalue weighted by Crippen LogP contribution is 2.64. The number of ether oxygens (including phenoxy) is 1. The Labute approximate surface area is 335 Å². The van der Waals surface area contributed by atoms with Gasteiger partial charge in [0.05, 0.1) is 5.41 Å². The summed E-state index contributed by atoms with van der Waals surface area (Å²) >= 11 is 1.85. The number of fused-ring (bicyclic) bond motifs is 12. The number of rotatable bonds is 4. The summed E-state index contributed by atoms with van der Waals surface area (Å²) in [5.74, 6) is 4.28. The third-order valence-electron chi connectivity index (χ3n) is 12.3. The van der Waals surface area contributed by atoms with Crippen LogP contribution in [0.15, 0.2) is 170 Å². The Morgan fingerprint density at radius 3 is 2.14 bits per heavy atom. The summed E-state index contributed by atoms with van der Waals surface area (Å²) in [5, 5.41) is 1.33. The van der Waals surface area contributed by atoms with Crippen molar-refractivity contribution in [3.8, 4) is 56.8 Å². The first-order valence-electron chi connectivity index (χ1n) is 19.7. The lowest BCUT2D eigenvalue weighted by molar-refractivity contribution is 0.374. The summed E-state index contributed by atoms with van der Waals surface area (Å²) in [7, 11) is 0. The number of aromatic nitrogens is 3. The van der Waals surface area contributed by atoms with Crippen LogP contribution in [0.25, 0.3) is 61.5 Å². The van der Waals surface area contributed by atoms with Gasteiger partial charge in [-0.2, -0.15) is 0 Å². The number of allylic oxidation sites excluding steroid dienone is 5. The molecule has 2 aromatic heterocycles. The van der Waals surface area contributed by atoms with Gasteiger partial charge in [-0.05, 0) is 82.5 Å². The van der Waals surface area contributed by atoms with Crippen molar-refractivity contribution in [2.45, 2.75) is 24.2 Å². The first-order valence-corrected chi connectivity index (χ1v) is 20.5. The molecular formula is C52H35N3OS. The maximum Gasteiger partial charge on any atom is 0.164 e. The first kappa shape index (κ1) is 32.5. The molecule has 0 bridgehead atoms. The monoisotopic (exact) mass is 749 g/mol. The fraction of sp³-hybridized carbons (Fsp3) is 0.0962. The molecule has 0 amide bonds. The number of para-hydroxylation sites is 1. The smallest absolute Gasteiger partial charge is 0.164 e. The predicted molar refractivity (Wildman–Crippen MR) is 232 cm³/mol. The van der Waals surface area contributed by atoms with Crippen LogP contribution in [-0.4, -0.2) is 15.0 Å². The maximum absolute atomic E-state index is 6.73. The number of hydrogen-bond acceptors (Lipinski definition) is 5. The topological polar surface area (TPSA) is 47.9 Å². The van der Waals surface area contributed by atoms with Crippen LogP contribution in [0.5, 0.6) is 11.5 Å². The molecule has 0 fully saturated rings. The highest BCUT2D eigenvalue weighted by atomic mass is 32.1. The molecule has 0 saturated heterocycles. The van der Waals surface area contributed by atoms with Gasteiger partial charge in [-0.1, -0.05) is 140 Å². The number of benzene rings is 6. The predicted octanol–water partition coefficient (Wildman–Crippen LogP) is 13.0. The van der Waals surface area contributed by atoms with Crippen molar-refractivity contribution in [3.05, 3.63) is 203 Å². The van der Waals surface area contributed by atoms with Gasteiger partial charge in [-0.15, -0.1) is 11.3 Å². The molecule has 0 N–H and O–H groups in total. The molecule has 1 spiro atoms. The van der Waals surface area contributed by atoms with E-state index in [-0.39, 0.29) is 11.8 Å². The van der Waals surface area contributed by atoms with Crippen LogP contribution in [0.3, 0.4) is 0 Å². The van der Waals surface area contributed by atoms with Crippen LogP contribution >= 0.6 is 11.3 Å². The summed E-state index contributed by atoms with van der Waals surface area (Å²) < 4.78 is 8.00. The van der Waals surface area contributed by atoms with E-state index in [9.17, 15) is 0 Å². The molecule has 3 atom stereocenters. The molecule has 3 unspecified atom stereocenters. The van der Waals surface area contributed by atoms with Gasteiger partial charge in [-0.25, -0.2) is 15.0 Å². The van der Waals surface area contributed by atoms with Gasteiger partial charge in [0.2, 0.25) is 0 Å². The standard InChI is InChI=1S/C52H35N3OS/c1-2-13-32(14-3-1)49-53-50(55-51(54-49)36-25-27-40-39-19-6-11-24-47(39)57-48(40)31-36)35-16-12-15-33(29-35)34-26-28-46-44(30-34)52(43-22-9-10-23-45(43)56-46)41-20-7-4-17-37(41)38-18-5-8-21-42(38)52/h1-5,7-18,20-31,37,41H,6,19H2. The number of nitrogens with zero attached hydrogens (tertiary/aromatic N) is 3. The Hall–Kier alpha value is -6.69. The summed E-state index contributed by atoms with van der Waals surface area (Å²) in [6.07, 6.45) is 15.9. The molecule has 8 aromatic rings. The zero-order valence-corrected chi connectivity index (χ0v) is 31.8. The van der Waals surface area contributed by atoms with E-state index in [0.29, 0.717) is 17.5 Å². The molecule has 0 radical (unpaired) electrons. The van der Waals surface area contributed by atoms with Gasteiger partial charge in [0.1, 0.15) is 11.5 Å². The maximum atomic E-state index is 6.73. The Balaban J connectivity index is 1.00. The van der Waals surface area contributed by atoms with Crippen LogP contribution in [0.2, 0.25) is 0 Å². The van der Waals surface area contributed by atoms with E-state index in [2.05, 4.69) is 158 Å². The molecular weight excluding hydrogens is 715 g/mol. The van der Waals surface area contributed by atoms with Crippen molar-refractivity contribution in [2.75, 3.05) is 0 Å². The number of aryl methyl sites for hydroxylation is 1. The van der Waals surface area contributed by atoms with Gasteiger partial charge < -0.3 is 4.74 Å². The minimum absolute atomic E-state index is 0.209. The van der Waals surface area contributed by atoms with Gasteiger partial charge in [0.25, 0.3) is 0 Å². The second-order valence-corrected chi connectivity index (χ2v) is 16.5. The van der Waals surface area contributed by atoms with E-state index in [1.807, 2.05) is 29.5 Å². The largest absolute Gasteiger partial charge is 0.457 e. The van der Waals surface area contributed by atoms with Gasteiger partial charge in [0, 0.05) is 49.2 Å². The SMILES string of the molecule is C1=CC2c3ccccc3C3(c4ccccc4Oc4ccc(-c5cccc(-c6nc(-c7ccccc7)nc(-c7ccc8c9c(sc8c7)C=CCC9)n6)c5)cc43)C2C=C1. The Morgan fingerprint density at radius 1 is 0.561 bits per heavy atom. The molecule has 57 heavy (non-hydrogen) atoms. The lowest BCUT2D eigenvalue weighted by Gasteiger charge is -2.43. The highest BCUT2D eigenvalue weighted by Gasteiger charge is 2.56. The molecule has 3 aliphatic carbocycles. The quantitative estimate of drug-likeness (QED) is 0.180. The van der Waals surface area contributed by atoms with Crippen LogP contribution in [-0.2, 0) is 11.8 Å². The summed E-state index contributed by atoms with van der Waals surface area (Å²) in [5.41, 5.74) is 11.3. The molecule has 3 heterocycles. The Bertz CT molecular complexity index is 3030. The fourth-order valence-electron chi connectivity index (χ4n) is 9.85. The van der Waals surface area contributed by atoms with Crippen LogP contribution < -0.4 is 4.74 Å². The third-order valence-corrected chi connectivity index (χ3v) is 13.5. The van der Waals surface area contributed by atoms with E-state index in [1.165, 1.54) is 42.8 Å². The first-order chi connectivity index (χ1) is 28.2. The summed E-state index contributed by atoms with van der Waals surface area (Å²) in [6.45, 7) is 0. The van der Waals surface area contributed by atoms with Gasteiger partial charge >= 0.3 is 0 Å².